The number of methoxy groups -OCH3 is 1. The zero-order valence-electron chi connectivity index (χ0n) is 16.8. The maximum Gasteiger partial charge on any atom is 0.197 e. The van der Waals surface area contributed by atoms with E-state index in [-0.39, 0.29) is 17.1 Å². The van der Waals surface area contributed by atoms with Gasteiger partial charge in [0.1, 0.15) is 5.75 Å². The number of nitrogens with zero attached hydrogens (tertiary/aromatic N) is 2. The predicted octanol–water partition coefficient (Wildman–Crippen LogP) is 5.01. The van der Waals surface area contributed by atoms with Crippen LogP contribution in [0.1, 0.15) is 26.3 Å². The minimum absolute atomic E-state index is 0.156. The van der Waals surface area contributed by atoms with Crippen LogP contribution in [0.15, 0.2) is 90.6 Å². The zero-order chi connectivity index (χ0) is 21.4. The number of rotatable bonds is 4. The van der Waals surface area contributed by atoms with Gasteiger partial charge in [0, 0.05) is 28.5 Å². The molecule has 0 N–H and O–H groups in total. The minimum atomic E-state index is -0.256. The van der Waals surface area contributed by atoms with Gasteiger partial charge in [-0.05, 0) is 42.5 Å². The van der Waals surface area contributed by atoms with Crippen molar-refractivity contribution in [3.63, 3.8) is 0 Å². The number of ether oxygens (including phenoxy) is 1. The van der Waals surface area contributed by atoms with Crippen LogP contribution in [0.3, 0.4) is 0 Å². The number of fused-ring (bicyclic) bond motifs is 1. The molecule has 0 bridgehead atoms. The van der Waals surface area contributed by atoms with Crippen LogP contribution < -0.4 is 4.74 Å². The molecule has 0 amide bonds. The fourth-order valence-corrected chi connectivity index (χ4v) is 3.74. The van der Waals surface area contributed by atoms with Gasteiger partial charge in [-0.1, -0.05) is 42.5 Å². The quantitative estimate of drug-likeness (QED) is 0.353. The van der Waals surface area contributed by atoms with Crippen LogP contribution in [0.2, 0.25) is 0 Å². The van der Waals surface area contributed by atoms with Crippen molar-refractivity contribution < 1.29 is 14.3 Å². The monoisotopic (exact) mass is 406 g/mol. The molecule has 0 spiro atoms. The van der Waals surface area contributed by atoms with E-state index in [0.717, 1.165) is 17.0 Å². The molecule has 0 saturated carbocycles. The molecule has 1 heterocycles. The SMILES string of the molecule is COc1ccc(-c2nn(-c3ccccc3)cc2C=C2C(=O)c3ccccc3C2=O)cc1. The molecule has 0 fully saturated rings. The van der Waals surface area contributed by atoms with Crippen molar-refractivity contribution in [2.24, 2.45) is 0 Å². The summed E-state index contributed by atoms with van der Waals surface area (Å²) in [6, 6.07) is 24.1. The lowest BCUT2D eigenvalue weighted by Crippen LogP contribution is -2.00. The van der Waals surface area contributed by atoms with E-state index in [2.05, 4.69) is 0 Å². The molecular formula is C26H18N2O3. The van der Waals surface area contributed by atoms with Crippen molar-refractivity contribution in [1.29, 1.82) is 0 Å². The number of carbonyl (C=O) groups is 2. The predicted molar refractivity (Wildman–Crippen MR) is 119 cm³/mol. The van der Waals surface area contributed by atoms with Crippen molar-refractivity contribution in [2.75, 3.05) is 7.11 Å². The van der Waals surface area contributed by atoms with E-state index in [0.29, 0.717) is 22.4 Å². The van der Waals surface area contributed by atoms with Crippen molar-refractivity contribution in [3.8, 4) is 22.7 Å². The highest BCUT2D eigenvalue weighted by Crippen LogP contribution is 2.31. The average Bonchev–Trinajstić information content (AvgIpc) is 3.35. The number of carbonyl (C=O) groups excluding carboxylic acids is 2. The Bertz CT molecular complexity index is 1300. The maximum atomic E-state index is 12.9. The lowest BCUT2D eigenvalue weighted by molar-refractivity contribution is 0.0990. The molecule has 4 aromatic rings. The van der Waals surface area contributed by atoms with E-state index in [4.69, 9.17) is 9.84 Å². The molecule has 5 heteroatoms. The van der Waals surface area contributed by atoms with E-state index in [9.17, 15) is 9.59 Å². The molecule has 0 aliphatic heterocycles. The molecule has 5 rings (SSSR count). The Morgan fingerprint density at radius 2 is 1.42 bits per heavy atom. The molecule has 31 heavy (non-hydrogen) atoms. The standard InChI is InChI=1S/C26H18N2O3/c1-31-20-13-11-17(12-14-20)24-18(16-28(27-24)19-7-3-2-4-8-19)15-23-25(29)21-9-5-6-10-22(21)26(23)30/h2-16H,1H3. The van der Waals surface area contributed by atoms with E-state index in [1.54, 1.807) is 42.1 Å². The summed E-state index contributed by atoms with van der Waals surface area (Å²) in [6.07, 6.45) is 3.49. The number of allylic oxidation sites excluding steroid dienone is 1. The third-order valence-electron chi connectivity index (χ3n) is 5.33. The molecule has 1 aromatic heterocycles. The highest BCUT2D eigenvalue weighted by atomic mass is 16.5. The smallest absolute Gasteiger partial charge is 0.197 e. The number of Topliss-reactive ketones (excluding diaryl/α,β-unsaturated/α-hetero) is 2. The zero-order valence-corrected chi connectivity index (χ0v) is 16.8. The Balaban J connectivity index is 1.65. The van der Waals surface area contributed by atoms with E-state index >= 15 is 0 Å². The second-order valence-corrected chi connectivity index (χ2v) is 7.20. The first kappa shape index (κ1) is 18.8. The third kappa shape index (κ3) is 3.26. The average molecular weight is 406 g/mol. The van der Waals surface area contributed by atoms with Gasteiger partial charge in [-0.2, -0.15) is 5.10 Å². The lowest BCUT2D eigenvalue weighted by Gasteiger charge is -2.03. The van der Waals surface area contributed by atoms with Crippen molar-refractivity contribution in [1.82, 2.24) is 9.78 Å². The molecule has 0 radical (unpaired) electrons. The first-order valence-electron chi connectivity index (χ1n) is 9.85. The van der Waals surface area contributed by atoms with Crippen LogP contribution in [0.4, 0.5) is 0 Å². The third-order valence-corrected chi connectivity index (χ3v) is 5.33. The number of para-hydroxylation sites is 1. The largest absolute Gasteiger partial charge is 0.497 e. The number of benzene rings is 3. The summed E-state index contributed by atoms with van der Waals surface area (Å²) in [4.78, 5) is 25.8. The first-order chi connectivity index (χ1) is 15.2. The van der Waals surface area contributed by atoms with Crippen molar-refractivity contribution in [2.45, 2.75) is 0 Å². The van der Waals surface area contributed by atoms with Gasteiger partial charge in [0.25, 0.3) is 0 Å². The number of hydrogen-bond donors (Lipinski definition) is 0. The van der Waals surface area contributed by atoms with Crippen LogP contribution in [0.5, 0.6) is 5.75 Å². The first-order valence-corrected chi connectivity index (χ1v) is 9.85. The Hall–Kier alpha value is -4.25. The number of ketones is 2. The molecule has 0 saturated heterocycles. The molecule has 3 aromatic carbocycles. The normalized spacial score (nSPS) is 12.7. The van der Waals surface area contributed by atoms with E-state index < -0.39 is 0 Å². The Kier molecular flexibility index (Phi) is 4.56. The molecule has 0 atom stereocenters. The fraction of sp³-hybridized carbons (Fsp3) is 0.0385. The Morgan fingerprint density at radius 3 is 2.03 bits per heavy atom. The van der Waals surface area contributed by atoms with Crippen molar-refractivity contribution in [3.05, 3.63) is 107 Å². The second kappa shape index (κ2) is 7.54. The molecule has 150 valence electrons. The number of hydrogen-bond acceptors (Lipinski definition) is 4. The van der Waals surface area contributed by atoms with Crippen LogP contribution in [0.25, 0.3) is 23.0 Å². The van der Waals surface area contributed by atoms with Crippen LogP contribution in [0, 0.1) is 0 Å². The highest BCUT2D eigenvalue weighted by Gasteiger charge is 2.33. The summed E-state index contributed by atoms with van der Waals surface area (Å²) in [6.45, 7) is 0. The fourth-order valence-electron chi connectivity index (χ4n) is 3.74. The Labute approximate surface area is 179 Å². The minimum Gasteiger partial charge on any atom is -0.497 e. The van der Waals surface area contributed by atoms with Crippen LogP contribution >= 0.6 is 0 Å². The van der Waals surface area contributed by atoms with Crippen LogP contribution in [-0.2, 0) is 0 Å². The summed E-state index contributed by atoms with van der Waals surface area (Å²) >= 11 is 0. The number of aromatic nitrogens is 2. The summed E-state index contributed by atoms with van der Waals surface area (Å²) in [5.41, 5.74) is 4.16. The van der Waals surface area contributed by atoms with E-state index in [1.165, 1.54) is 0 Å². The van der Waals surface area contributed by atoms with Gasteiger partial charge in [-0.25, -0.2) is 4.68 Å². The van der Waals surface area contributed by atoms with Gasteiger partial charge in [-0.15, -0.1) is 0 Å². The molecule has 1 aliphatic carbocycles. The van der Waals surface area contributed by atoms with Gasteiger partial charge in [0.2, 0.25) is 0 Å². The van der Waals surface area contributed by atoms with Gasteiger partial charge in [-0.3, -0.25) is 9.59 Å². The summed E-state index contributed by atoms with van der Waals surface area (Å²) < 4.78 is 7.01. The van der Waals surface area contributed by atoms with Gasteiger partial charge >= 0.3 is 0 Å². The highest BCUT2D eigenvalue weighted by molar-refractivity contribution is 6.41. The summed E-state index contributed by atoms with van der Waals surface area (Å²) in [7, 11) is 1.62. The van der Waals surface area contributed by atoms with Gasteiger partial charge in [0.05, 0.1) is 24.1 Å². The summed E-state index contributed by atoms with van der Waals surface area (Å²) in [5.74, 6) is 0.227. The lowest BCUT2D eigenvalue weighted by atomic mass is 10.0. The van der Waals surface area contributed by atoms with Gasteiger partial charge < -0.3 is 4.74 Å². The topological polar surface area (TPSA) is 61.2 Å². The molecule has 0 unspecified atom stereocenters. The maximum absolute atomic E-state index is 12.9. The molecular weight excluding hydrogens is 388 g/mol. The Morgan fingerprint density at radius 1 is 0.806 bits per heavy atom. The second-order valence-electron chi connectivity index (χ2n) is 7.20. The molecule has 1 aliphatic rings. The van der Waals surface area contributed by atoms with E-state index in [1.807, 2.05) is 60.8 Å². The van der Waals surface area contributed by atoms with Gasteiger partial charge in [0.15, 0.2) is 11.6 Å². The molecule has 5 nitrogen and oxygen atoms in total. The van der Waals surface area contributed by atoms with Crippen molar-refractivity contribution >= 4 is 17.6 Å². The summed E-state index contributed by atoms with van der Waals surface area (Å²) in [5, 5.41) is 4.76. The van der Waals surface area contributed by atoms with Crippen LogP contribution in [-0.4, -0.2) is 28.5 Å².